The van der Waals surface area contributed by atoms with E-state index in [1.54, 1.807) is 4.90 Å². The number of ether oxygens (including phenoxy) is 1. The van der Waals surface area contributed by atoms with Gasteiger partial charge >= 0.3 is 6.18 Å². The van der Waals surface area contributed by atoms with Crippen LogP contribution in [0.25, 0.3) is 0 Å². The Balaban J connectivity index is 1.24. The first kappa shape index (κ1) is 31.5. The van der Waals surface area contributed by atoms with Gasteiger partial charge in [-0.2, -0.15) is 13.2 Å². The molecule has 236 valence electrons. The number of likely N-dealkylation sites (tertiary alicyclic amines) is 1. The minimum atomic E-state index is -4.58. The van der Waals surface area contributed by atoms with Crippen molar-refractivity contribution in [2.24, 2.45) is 11.3 Å². The number of aromatic nitrogens is 3. The summed E-state index contributed by atoms with van der Waals surface area (Å²) in [5.41, 5.74) is 3.09. The van der Waals surface area contributed by atoms with Gasteiger partial charge in [-0.15, -0.1) is 5.10 Å². The third kappa shape index (κ3) is 6.32. The van der Waals surface area contributed by atoms with E-state index in [1.165, 1.54) is 15.8 Å². The minimum Gasteiger partial charge on any atom is -0.487 e. The van der Waals surface area contributed by atoms with Gasteiger partial charge in [0, 0.05) is 31.7 Å². The summed E-state index contributed by atoms with van der Waals surface area (Å²) in [6.45, 7) is 11.4. The third-order valence-electron chi connectivity index (χ3n) is 8.80. The second kappa shape index (κ2) is 11.6. The van der Waals surface area contributed by atoms with Crippen molar-refractivity contribution in [3.05, 3.63) is 70.5 Å². The van der Waals surface area contributed by atoms with Gasteiger partial charge in [-0.3, -0.25) is 14.3 Å². The van der Waals surface area contributed by atoms with Gasteiger partial charge in [0.25, 0.3) is 0 Å². The molecule has 3 aromatic rings. The summed E-state index contributed by atoms with van der Waals surface area (Å²) in [6.07, 6.45) is -3.39. The smallest absolute Gasteiger partial charge is 0.398 e. The van der Waals surface area contributed by atoms with Crippen molar-refractivity contribution in [2.75, 3.05) is 24.5 Å². The molecule has 2 aromatic carbocycles. The van der Waals surface area contributed by atoms with Crippen LogP contribution in [0.15, 0.2) is 42.6 Å². The van der Waals surface area contributed by atoms with E-state index in [1.807, 2.05) is 57.2 Å². The van der Waals surface area contributed by atoms with Gasteiger partial charge in [0.05, 0.1) is 18.7 Å². The molecule has 2 amide bonds. The largest absolute Gasteiger partial charge is 0.487 e. The van der Waals surface area contributed by atoms with E-state index in [-0.39, 0.29) is 43.9 Å². The van der Waals surface area contributed by atoms with E-state index in [0.29, 0.717) is 11.4 Å². The third-order valence-corrected chi connectivity index (χ3v) is 8.80. The molecule has 2 atom stereocenters. The van der Waals surface area contributed by atoms with Crippen molar-refractivity contribution in [1.82, 2.24) is 19.9 Å². The Morgan fingerprint density at radius 3 is 2.34 bits per heavy atom. The fraction of sp³-hybridized carbons (Fsp3) is 0.515. The number of benzene rings is 2. The van der Waals surface area contributed by atoms with Crippen LogP contribution in [-0.2, 0) is 28.2 Å². The quantitative estimate of drug-likeness (QED) is 0.332. The van der Waals surface area contributed by atoms with Gasteiger partial charge in [0.2, 0.25) is 11.8 Å². The fourth-order valence-electron chi connectivity index (χ4n) is 6.46. The van der Waals surface area contributed by atoms with E-state index in [4.69, 9.17) is 4.74 Å². The van der Waals surface area contributed by atoms with E-state index >= 15 is 0 Å². The molecule has 8 nitrogen and oxygen atoms in total. The minimum absolute atomic E-state index is 0.00461. The fourth-order valence-corrected chi connectivity index (χ4v) is 6.46. The Hall–Kier alpha value is -3.89. The van der Waals surface area contributed by atoms with E-state index in [2.05, 4.69) is 31.1 Å². The summed E-state index contributed by atoms with van der Waals surface area (Å²) in [5.74, 6) is -0.679. The molecule has 3 heterocycles. The van der Waals surface area contributed by atoms with Crippen molar-refractivity contribution < 1.29 is 27.5 Å². The van der Waals surface area contributed by atoms with Crippen molar-refractivity contribution in [3.63, 3.8) is 0 Å². The monoisotopic (exact) mass is 611 g/mol. The molecule has 0 spiro atoms. The maximum Gasteiger partial charge on any atom is 0.398 e. The highest BCUT2D eigenvalue weighted by Crippen LogP contribution is 2.47. The molecule has 2 unspecified atom stereocenters. The van der Waals surface area contributed by atoms with Crippen LogP contribution in [0, 0.1) is 32.1 Å². The molecule has 44 heavy (non-hydrogen) atoms. The summed E-state index contributed by atoms with van der Waals surface area (Å²) < 4.78 is 50.7. The average Bonchev–Trinajstić information content (AvgIpc) is 3.66. The second-order valence-electron chi connectivity index (χ2n) is 13.4. The number of carbonyl (C=O) groups excluding carboxylic acids is 2. The van der Waals surface area contributed by atoms with Crippen LogP contribution in [0.1, 0.15) is 61.6 Å². The van der Waals surface area contributed by atoms with Crippen molar-refractivity contribution in [3.8, 4) is 5.75 Å². The van der Waals surface area contributed by atoms with Gasteiger partial charge in [-0.05, 0) is 61.4 Å². The number of carbonyl (C=O) groups is 2. The molecular formula is C33H40F3N5O3. The lowest BCUT2D eigenvalue weighted by molar-refractivity contribution is -0.225. The molecule has 11 heteroatoms. The highest BCUT2D eigenvalue weighted by atomic mass is 19.4. The van der Waals surface area contributed by atoms with Gasteiger partial charge < -0.3 is 14.5 Å². The zero-order valence-corrected chi connectivity index (χ0v) is 26.2. The molecule has 0 radical (unpaired) electrons. The Kier molecular flexibility index (Phi) is 8.28. The van der Waals surface area contributed by atoms with Gasteiger partial charge in [-0.1, -0.05) is 55.8 Å². The normalized spacial score (nSPS) is 20.9. The highest BCUT2D eigenvalue weighted by molar-refractivity contribution is 6.01. The molecule has 5 rings (SSSR count). The standard InChI is InChI=1S/C33H40F3N5O3/c1-21-13-22(2)29(23(3)14-21)41-16-24(15-28(41)42)30(43)39-12-11-32(19-39,33(34,35)36)20-40-17-26(37-38-40)18-44-27-9-7-25(8-10-27)31(4,5)6/h7-10,13-14,17,24H,11-12,15-16,18-20H2,1-6H3. The summed E-state index contributed by atoms with van der Waals surface area (Å²) in [4.78, 5) is 29.3. The van der Waals surface area contributed by atoms with Crippen molar-refractivity contribution >= 4 is 17.5 Å². The summed E-state index contributed by atoms with van der Waals surface area (Å²) in [7, 11) is 0. The number of halogens is 3. The summed E-state index contributed by atoms with van der Waals surface area (Å²) in [5, 5.41) is 7.97. The molecule has 2 fully saturated rings. The highest BCUT2D eigenvalue weighted by Gasteiger charge is 2.59. The van der Waals surface area contributed by atoms with Crippen LogP contribution >= 0.6 is 0 Å². The van der Waals surface area contributed by atoms with Crippen molar-refractivity contribution in [2.45, 2.75) is 79.1 Å². The number of alkyl halides is 3. The van der Waals surface area contributed by atoms with Gasteiger partial charge in [-0.25, -0.2) is 0 Å². The van der Waals surface area contributed by atoms with Crippen LogP contribution < -0.4 is 9.64 Å². The van der Waals surface area contributed by atoms with Crippen LogP contribution in [0.3, 0.4) is 0 Å². The SMILES string of the molecule is Cc1cc(C)c(N2CC(C(=O)N3CCC(Cn4cc(COc5ccc(C(C)(C)C)cc5)nn4)(C(F)(F)F)C3)CC2=O)c(C)c1. The Morgan fingerprint density at radius 2 is 1.73 bits per heavy atom. The Morgan fingerprint density at radius 1 is 1.07 bits per heavy atom. The average molecular weight is 612 g/mol. The molecule has 0 N–H and O–H groups in total. The molecule has 0 bridgehead atoms. The predicted molar refractivity (Wildman–Crippen MR) is 160 cm³/mol. The summed E-state index contributed by atoms with van der Waals surface area (Å²) in [6, 6.07) is 11.6. The number of rotatable bonds is 7. The first-order valence-corrected chi connectivity index (χ1v) is 14.9. The molecule has 1 aromatic heterocycles. The molecular weight excluding hydrogens is 571 g/mol. The van der Waals surface area contributed by atoms with E-state index in [9.17, 15) is 22.8 Å². The lowest BCUT2D eigenvalue weighted by Gasteiger charge is -2.31. The van der Waals surface area contributed by atoms with Crippen LogP contribution in [0.4, 0.5) is 18.9 Å². The summed E-state index contributed by atoms with van der Waals surface area (Å²) >= 11 is 0. The molecule has 2 saturated heterocycles. The number of hydrogen-bond acceptors (Lipinski definition) is 5. The number of amides is 2. The first-order valence-electron chi connectivity index (χ1n) is 14.9. The number of nitrogens with zero attached hydrogens (tertiary/aromatic N) is 5. The molecule has 2 aliphatic rings. The maximum absolute atomic E-state index is 14.6. The van der Waals surface area contributed by atoms with Crippen LogP contribution in [0.5, 0.6) is 5.75 Å². The van der Waals surface area contributed by atoms with Gasteiger partial charge in [0.1, 0.15) is 23.5 Å². The predicted octanol–water partition coefficient (Wildman–Crippen LogP) is 5.91. The van der Waals surface area contributed by atoms with Crippen molar-refractivity contribution in [1.29, 1.82) is 0 Å². The zero-order chi connectivity index (χ0) is 32.0. The second-order valence-corrected chi connectivity index (χ2v) is 13.4. The molecule has 2 aliphatic heterocycles. The number of anilines is 1. The topological polar surface area (TPSA) is 80.6 Å². The van der Waals surface area contributed by atoms with Crippen LogP contribution in [-0.4, -0.2) is 57.5 Å². The maximum atomic E-state index is 14.6. The number of hydrogen-bond donors (Lipinski definition) is 0. The lowest BCUT2D eigenvalue weighted by Crippen LogP contribution is -2.46. The van der Waals surface area contributed by atoms with Crippen LogP contribution in [0.2, 0.25) is 0 Å². The zero-order valence-electron chi connectivity index (χ0n) is 26.2. The Bertz CT molecular complexity index is 1520. The molecule has 0 saturated carbocycles. The number of aryl methyl sites for hydroxylation is 3. The van der Waals surface area contributed by atoms with E-state index in [0.717, 1.165) is 27.9 Å². The molecule has 0 aliphatic carbocycles. The lowest BCUT2D eigenvalue weighted by atomic mass is 9.86. The first-order chi connectivity index (χ1) is 20.6. The Labute approximate surface area is 256 Å². The van der Waals surface area contributed by atoms with E-state index < -0.39 is 36.5 Å². The van der Waals surface area contributed by atoms with Gasteiger partial charge in [0.15, 0.2) is 0 Å².